The Balaban J connectivity index is 2.37. The van der Waals surface area contributed by atoms with Gasteiger partial charge < -0.3 is 10.5 Å². The van der Waals surface area contributed by atoms with Crippen molar-refractivity contribution in [2.45, 2.75) is 4.90 Å². The molecule has 2 aromatic carbocycles. The van der Waals surface area contributed by atoms with E-state index in [4.69, 9.17) is 22.1 Å². The minimum Gasteiger partial charge on any atom is -0.494 e. The number of anilines is 2. The smallest absolute Gasteiger partial charge is 0.263 e. The van der Waals surface area contributed by atoms with Gasteiger partial charge in [-0.05, 0) is 30.3 Å². The van der Waals surface area contributed by atoms with Crippen molar-refractivity contribution in [2.75, 3.05) is 17.6 Å². The first-order chi connectivity index (χ1) is 9.83. The molecule has 0 heterocycles. The zero-order chi connectivity index (χ0) is 15.6. The molecule has 8 heteroatoms. The Morgan fingerprint density at radius 3 is 2.57 bits per heavy atom. The third kappa shape index (κ3) is 3.37. The molecule has 0 aliphatic heterocycles. The van der Waals surface area contributed by atoms with Gasteiger partial charge in [0.1, 0.15) is 4.90 Å². The Labute approximate surface area is 126 Å². The Kier molecular flexibility index (Phi) is 4.24. The summed E-state index contributed by atoms with van der Waals surface area (Å²) in [6.07, 6.45) is 0. The fourth-order valence-electron chi connectivity index (χ4n) is 1.67. The Bertz CT molecular complexity index is 781. The van der Waals surface area contributed by atoms with E-state index in [-0.39, 0.29) is 27.0 Å². The van der Waals surface area contributed by atoms with Gasteiger partial charge in [0.15, 0.2) is 11.6 Å². The van der Waals surface area contributed by atoms with Crippen LogP contribution in [0.5, 0.6) is 5.75 Å². The summed E-state index contributed by atoms with van der Waals surface area (Å²) in [5.41, 5.74) is 5.85. The molecule has 0 amide bonds. The van der Waals surface area contributed by atoms with Gasteiger partial charge in [-0.1, -0.05) is 11.6 Å². The van der Waals surface area contributed by atoms with Crippen molar-refractivity contribution in [1.29, 1.82) is 0 Å². The van der Waals surface area contributed by atoms with Crippen molar-refractivity contribution in [2.24, 2.45) is 0 Å². The van der Waals surface area contributed by atoms with E-state index in [1.54, 1.807) is 0 Å². The summed E-state index contributed by atoms with van der Waals surface area (Å²) in [4.78, 5) is -0.180. The van der Waals surface area contributed by atoms with E-state index >= 15 is 0 Å². The van der Waals surface area contributed by atoms with Crippen LogP contribution >= 0.6 is 11.6 Å². The number of ether oxygens (including phenoxy) is 1. The van der Waals surface area contributed by atoms with E-state index in [9.17, 15) is 12.8 Å². The summed E-state index contributed by atoms with van der Waals surface area (Å²) < 4.78 is 45.0. The normalized spacial score (nSPS) is 11.2. The molecular weight excluding hydrogens is 319 g/mol. The Hall–Kier alpha value is -1.99. The van der Waals surface area contributed by atoms with Crippen LogP contribution in [0.1, 0.15) is 0 Å². The second-order valence-electron chi connectivity index (χ2n) is 4.14. The number of hydrogen-bond acceptors (Lipinski definition) is 4. The van der Waals surface area contributed by atoms with Crippen LogP contribution in [0.25, 0.3) is 0 Å². The lowest BCUT2D eigenvalue weighted by Crippen LogP contribution is -2.14. The van der Waals surface area contributed by atoms with Gasteiger partial charge in [-0.25, -0.2) is 12.8 Å². The van der Waals surface area contributed by atoms with Crippen LogP contribution in [-0.4, -0.2) is 15.5 Å². The second-order valence-corrected chi connectivity index (χ2v) is 6.20. The minimum absolute atomic E-state index is 0.0138. The molecular formula is C13H12ClFN2O3S. The van der Waals surface area contributed by atoms with Gasteiger partial charge in [0.25, 0.3) is 10.0 Å². The van der Waals surface area contributed by atoms with Crippen molar-refractivity contribution < 1.29 is 17.5 Å². The maximum Gasteiger partial charge on any atom is 0.263 e. The number of nitrogens with one attached hydrogen (secondary N) is 1. The topological polar surface area (TPSA) is 81.4 Å². The van der Waals surface area contributed by atoms with Gasteiger partial charge in [-0.2, -0.15) is 0 Å². The molecule has 2 rings (SSSR count). The average Bonchev–Trinajstić information content (AvgIpc) is 2.41. The Morgan fingerprint density at radius 1 is 1.24 bits per heavy atom. The predicted molar refractivity (Wildman–Crippen MR) is 79.6 cm³/mol. The van der Waals surface area contributed by atoms with Crippen LogP contribution in [0.2, 0.25) is 5.02 Å². The molecule has 5 nitrogen and oxygen atoms in total. The molecule has 2 aromatic rings. The summed E-state index contributed by atoms with van der Waals surface area (Å²) in [7, 11) is -2.66. The molecule has 0 aliphatic carbocycles. The van der Waals surface area contributed by atoms with E-state index < -0.39 is 15.8 Å². The van der Waals surface area contributed by atoms with E-state index in [0.29, 0.717) is 0 Å². The second kappa shape index (κ2) is 5.79. The van der Waals surface area contributed by atoms with Crippen molar-refractivity contribution in [3.05, 3.63) is 47.2 Å². The average molecular weight is 331 g/mol. The van der Waals surface area contributed by atoms with E-state index in [1.165, 1.54) is 37.4 Å². The largest absolute Gasteiger partial charge is 0.494 e. The summed E-state index contributed by atoms with van der Waals surface area (Å²) in [6.45, 7) is 0. The molecule has 0 aliphatic rings. The van der Waals surface area contributed by atoms with E-state index in [0.717, 1.165) is 6.07 Å². The summed E-state index contributed by atoms with van der Waals surface area (Å²) in [5, 5.41) is 0.0192. The standard InChI is InChI=1S/C13H12ClFN2O3S/c1-20-12-5-3-9(7-11(12)15)17-21(18,19)13-6-8(16)2-4-10(13)14/h2-7,17H,16H2,1H3. The highest BCUT2D eigenvalue weighted by Crippen LogP contribution is 2.27. The third-order valence-corrected chi connectivity index (χ3v) is 4.51. The van der Waals surface area contributed by atoms with Crippen molar-refractivity contribution in [3.8, 4) is 5.75 Å². The molecule has 0 unspecified atom stereocenters. The zero-order valence-corrected chi connectivity index (χ0v) is 12.5. The fraction of sp³-hybridized carbons (Fsp3) is 0.0769. The first-order valence-electron chi connectivity index (χ1n) is 5.75. The molecule has 3 N–H and O–H groups in total. The summed E-state index contributed by atoms with van der Waals surface area (Å²) >= 11 is 5.86. The highest BCUT2D eigenvalue weighted by Gasteiger charge is 2.19. The minimum atomic E-state index is -3.97. The summed E-state index contributed by atoms with van der Waals surface area (Å²) in [5.74, 6) is -0.670. The molecule has 0 spiro atoms. The Morgan fingerprint density at radius 2 is 1.95 bits per heavy atom. The molecule has 0 bridgehead atoms. The quantitative estimate of drug-likeness (QED) is 0.845. The number of halogens is 2. The van der Waals surface area contributed by atoms with Crippen LogP contribution in [0.4, 0.5) is 15.8 Å². The van der Waals surface area contributed by atoms with Gasteiger partial charge in [-0.3, -0.25) is 4.72 Å². The van der Waals surface area contributed by atoms with Crippen LogP contribution in [0, 0.1) is 5.82 Å². The zero-order valence-electron chi connectivity index (χ0n) is 10.9. The molecule has 0 fully saturated rings. The van der Waals surface area contributed by atoms with Crippen molar-refractivity contribution >= 4 is 33.0 Å². The van der Waals surface area contributed by atoms with Crippen molar-refractivity contribution in [3.63, 3.8) is 0 Å². The van der Waals surface area contributed by atoms with E-state index in [2.05, 4.69) is 4.72 Å². The number of benzene rings is 2. The van der Waals surface area contributed by atoms with Crippen LogP contribution in [0.3, 0.4) is 0 Å². The van der Waals surface area contributed by atoms with Gasteiger partial charge in [-0.15, -0.1) is 0 Å². The molecule has 0 saturated carbocycles. The lowest BCUT2D eigenvalue weighted by molar-refractivity contribution is 0.386. The first kappa shape index (κ1) is 15.4. The third-order valence-electron chi connectivity index (χ3n) is 2.65. The molecule has 112 valence electrons. The van der Waals surface area contributed by atoms with Gasteiger partial charge in [0, 0.05) is 11.8 Å². The molecule has 0 saturated heterocycles. The van der Waals surface area contributed by atoms with E-state index in [1.807, 2.05) is 0 Å². The highest BCUT2D eigenvalue weighted by molar-refractivity contribution is 7.92. The number of nitrogens with two attached hydrogens (primary N) is 1. The van der Waals surface area contributed by atoms with Gasteiger partial charge in [0.2, 0.25) is 0 Å². The lowest BCUT2D eigenvalue weighted by atomic mass is 10.3. The predicted octanol–water partition coefficient (Wildman–Crippen LogP) is 2.87. The van der Waals surface area contributed by atoms with Gasteiger partial charge in [0.05, 0.1) is 17.8 Å². The number of sulfonamides is 1. The number of methoxy groups -OCH3 is 1. The number of rotatable bonds is 4. The maximum atomic E-state index is 13.6. The fourth-order valence-corrected chi connectivity index (χ4v) is 3.25. The number of hydrogen-bond donors (Lipinski definition) is 2. The van der Waals surface area contributed by atoms with Gasteiger partial charge >= 0.3 is 0 Å². The van der Waals surface area contributed by atoms with Crippen LogP contribution < -0.4 is 15.2 Å². The maximum absolute atomic E-state index is 13.6. The highest BCUT2D eigenvalue weighted by atomic mass is 35.5. The van der Waals surface area contributed by atoms with Crippen molar-refractivity contribution in [1.82, 2.24) is 0 Å². The SMILES string of the molecule is COc1ccc(NS(=O)(=O)c2cc(N)ccc2Cl)cc1F. The lowest BCUT2D eigenvalue weighted by Gasteiger charge is -2.11. The monoisotopic (exact) mass is 330 g/mol. The van der Waals surface area contributed by atoms with Crippen LogP contribution in [0.15, 0.2) is 41.3 Å². The first-order valence-corrected chi connectivity index (χ1v) is 7.61. The molecule has 0 atom stereocenters. The number of nitrogen functional groups attached to an aromatic ring is 1. The molecule has 0 aromatic heterocycles. The molecule has 21 heavy (non-hydrogen) atoms. The summed E-state index contributed by atoms with van der Waals surface area (Å²) in [6, 6.07) is 7.78. The van der Waals surface area contributed by atoms with Crippen LogP contribution in [-0.2, 0) is 10.0 Å². The molecule has 0 radical (unpaired) electrons.